The summed E-state index contributed by atoms with van der Waals surface area (Å²) in [6.07, 6.45) is 6.27. The van der Waals surface area contributed by atoms with Gasteiger partial charge in [0.05, 0.1) is 0 Å². The van der Waals surface area contributed by atoms with Crippen LogP contribution in [0.3, 0.4) is 0 Å². The molecule has 0 spiro atoms. The van der Waals surface area contributed by atoms with Crippen LogP contribution in [0.5, 0.6) is 17.2 Å². The van der Waals surface area contributed by atoms with Crippen LogP contribution < -0.4 is 9.47 Å². The molecule has 0 radical (unpaired) electrons. The lowest BCUT2D eigenvalue weighted by atomic mass is 9.74. The second kappa shape index (κ2) is 9.31. The second-order valence-electron chi connectivity index (χ2n) is 9.67. The van der Waals surface area contributed by atoms with Crippen LogP contribution in [0.2, 0.25) is 0 Å². The first-order valence-electron chi connectivity index (χ1n) is 11.7. The number of hydrogen-bond acceptors (Lipinski definition) is 2. The topological polar surface area (TPSA) is 18.5 Å². The Kier molecular flexibility index (Phi) is 6.47. The minimum atomic E-state index is -0.0541. The summed E-state index contributed by atoms with van der Waals surface area (Å²) in [5.41, 5.74) is 7.70. The Bertz CT molecular complexity index is 1210. The van der Waals surface area contributed by atoms with E-state index in [-0.39, 0.29) is 5.41 Å². The summed E-state index contributed by atoms with van der Waals surface area (Å²) in [5, 5.41) is 0. The highest BCUT2D eigenvalue weighted by Crippen LogP contribution is 2.38. The average Bonchev–Trinajstić information content (AvgIpc) is 2.80. The predicted molar refractivity (Wildman–Crippen MR) is 137 cm³/mol. The van der Waals surface area contributed by atoms with Crippen LogP contribution in [0.25, 0.3) is 0 Å². The van der Waals surface area contributed by atoms with Crippen LogP contribution in [0.4, 0.5) is 0 Å². The molecule has 0 amide bonds. The van der Waals surface area contributed by atoms with Crippen molar-refractivity contribution < 1.29 is 9.47 Å². The first-order valence-corrected chi connectivity index (χ1v) is 11.7. The van der Waals surface area contributed by atoms with E-state index in [4.69, 9.17) is 9.47 Å². The van der Waals surface area contributed by atoms with Crippen molar-refractivity contribution in [1.29, 1.82) is 0 Å². The average molecular weight is 439 g/mol. The maximum Gasteiger partial charge on any atom is 0.127 e. The molecular formula is C31H34O2. The fraction of sp³-hybridized carbons (Fsp3) is 0.290. The van der Waals surface area contributed by atoms with Crippen LogP contribution in [-0.2, 0) is 5.41 Å². The minimum absolute atomic E-state index is 0.0541. The highest BCUT2D eigenvalue weighted by atomic mass is 16.5. The molecule has 3 aromatic rings. The molecule has 1 aliphatic carbocycles. The van der Waals surface area contributed by atoms with Crippen LogP contribution in [0.15, 0.2) is 84.1 Å². The summed E-state index contributed by atoms with van der Waals surface area (Å²) in [6.45, 7) is 13.1. The van der Waals surface area contributed by atoms with Gasteiger partial charge >= 0.3 is 0 Å². The number of rotatable bonds is 6. The first kappa shape index (κ1) is 22.9. The zero-order valence-corrected chi connectivity index (χ0v) is 20.7. The molecule has 0 saturated carbocycles. The summed E-state index contributed by atoms with van der Waals surface area (Å²) in [4.78, 5) is 0. The smallest absolute Gasteiger partial charge is 0.127 e. The molecule has 0 heterocycles. The van der Waals surface area contributed by atoms with Crippen LogP contribution in [0.1, 0.15) is 54.5 Å². The van der Waals surface area contributed by atoms with Gasteiger partial charge in [0.15, 0.2) is 0 Å². The molecule has 0 N–H and O–H groups in total. The quantitative estimate of drug-likeness (QED) is 0.383. The van der Waals surface area contributed by atoms with E-state index in [0.29, 0.717) is 0 Å². The van der Waals surface area contributed by atoms with E-state index in [1.165, 1.54) is 33.4 Å². The van der Waals surface area contributed by atoms with E-state index in [9.17, 15) is 0 Å². The Morgan fingerprint density at radius 1 is 0.576 bits per heavy atom. The molecule has 4 rings (SSSR count). The van der Waals surface area contributed by atoms with Gasteiger partial charge in [0.2, 0.25) is 0 Å². The fourth-order valence-electron chi connectivity index (χ4n) is 4.19. The molecule has 0 saturated heterocycles. The van der Waals surface area contributed by atoms with E-state index in [0.717, 1.165) is 35.8 Å². The number of aryl methyl sites for hydroxylation is 4. The lowest BCUT2D eigenvalue weighted by Crippen LogP contribution is -2.22. The predicted octanol–water partition coefficient (Wildman–Crippen LogP) is 8.67. The van der Waals surface area contributed by atoms with Gasteiger partial charge in [-0.2, -0.15) is 0 Å². The summed E-state index contributed by atoms with van der Waals surface area (Å²) < 4.78 is 12.2. The molecule has 0 unspecified atom stereocenters. The molecule has 170 valence electrons. The molecule has 0 aromatic heterocycles. The molecule has 0 bridgehead atoms. The third kappa shape index (κ3) is 5.22. The Morgan fingerprint density at radius 2 is 1.12 bits per heavy atom. The van der Waals surface area contributed by atoms with Crippen LogP contribution in [0, 0.1) is 27.7 Å². The minimum Gasteiger partial charge on any atom is -0.462 e. The van der Waals surface area contributed by atoms with E-state index in [1.807, 2.05) is 12.1 Å². The molecule has 33 heavy (non-hydrogen) atoms. The lowest BCUT2D eigenvalue weighted by molar-refractivity contribution is 0.395. The fourth-order valence-corrected chi connectivity index (χ4v) is 4.19. The van der Waals surface area contributed by atoms with Crippen LogP contribution in [-0.4, -0.2) is 0 Å². The van der Waals surface area contributed by atoms with Crippen molar-refractivity contribution >= 4 is 0 Å². The molecular weight excluding hydrogens is 404 g/mol. The Morgan fingerprint density at radius 3 is 1.64 bits per heavy atom. The monoisotopic (exact) mass is 438 g/mol. The SMILES string of the molecule is Cc1ccc(OC2=CC=C(C(C)(C)c3ccc(Oc4ccc(C)c(C)c4)cc3)CC2)cc1C. The molecule has 3 aromatic carbocycles. The zero-order chi connectivity index (χ0) is 23.6. The second-order valence-corrected chi connectivity index (χ2v) is 9.67. The van der Waals surface area contributed by atoms with Crippen molar-refractivity contribution in [2.24, 2.45) is 0 Å². The Hall–Kier alpha value is -3.26. The Labute approximate surface area is 198 Å². The molecule has 0 atom stereocenters. The first-order chi connectivity index (χ1) is 15.7. The number of benzene rings is 3. The normalized spacial score (nSPS) is 13.9. The van der Waals surface area contributed by atoms with Gasteiger partial charge in [-0.1, -0.05) is 49.8 Å². The van der Waals surface area contributed by atoms with E-state index >= 15 is 0 Å². The largest absolute Gasteiger partial charge is 0.462 e. The van der Waals surface area contributed by atoms with Gasteiger partial charge in [-0.25, -0.2) is 0 Å². The van der Waals surface area contributed by atoms with Crippen molar-refractivity contribution in [3.8, 4) is 17.2 Å². The number of hydrogen-bond donors (Lipinski definition) is 0. The van der Waals surface area contributed by atoms with Gasteiger partial charge in [-0.15, -0.1) is 0 Å². The maximum atomic E-state index is 6.15. The van der Waals surface area contributed by atoms with Gasteiger partial charge in [0.25, 0.3) is 0 Å². The molecule has 2 heteroatoms. The molecule has 1 aliphatic rings. The van der Waals surface area contributed by atoms with E-state index in [2.05, 4.69) is 102 Å². The van der Waals surface area contributed by atoms with Crippen molar-refractivity contribution in [1.82, 2.24) is 0 Å². The molecule has 2 nitrogen and oxygen atoms in total. The van der Waals surface area contributed by atoms with Gasteiger partial charge in [-0.05, 0) is 104 Å². The van der Waals surface area contributed by atoms with Crippen molar-refractivity contribution in [2.75, 3.05) is 0 Å². The van der Waals surface area contributed by atoms with Crippen LogP contribution >= 0.6 is 0 Å². The summed E-state index contributed by atoms with van der Waals surface area (Å²) in [7, 11) is 0. The highest BCUT2D eigenvalue weighted by Gasteiger charge is 2.27. The summed E-state index contributed by atoms with van der Waals surface area (Å²) in [6, 6.07) is 21.0. The van der Waals surface area contributed by atoms with Gasteiger partial charge in [0, 0.05) is 11.8 Å². The van der Waals surface area contributed by atoms with E-state index in [1.54, 1.807) is 0 Å². The van der Waals surface area contributed by atoms with Crippen molar-refractivity contribution in [3.63, 3.8) is 0 Å². The van der Waals surface area contributed by atoms with E-state index < -0.39 is 0 Å². The lowest BCUT2D eigenvalue weighted by Gasteiger charge is -2.31. The number of ether oxygens (including phenoxy) is 2. The molecule has 0 fully saturated rings. The highest BCUT2D eigenvalue weighted by molar-refractivity contribution is 5.43. The maximum absolute atomic E-state index is 6.15. The third-order valence-electron chi connectivity index (χ3n) is 6.93. The summed E-state index contributed by atoms with van der Waals surface area (Å²) in [5.74, 6) is 3.68. The van der Waals surface area contributed by atoms with Gasteiger partial charge in [0.1, 0.15) is 23.0 Å². The van der Waals surface area contributed by atoms with Crippen molar-refractivity contribution in [2.45, 2.75) is 59.8 Å². The zero-order valence-electron chi connectivity index (χ0n) is 20.7. The van der Waals surface area contributed by atoms with Gasteiger partial charge < -0.3 is 9.47 Å². The molecule has 0 aliphatic heterocycles. The third-order valence-corrected chi connectivity index (χ3v) is 6.93. The Balaban J connectivity index is 1.46. The van der Waals surface area contributed by atoms with Gasteiger partial charge in [-0.3, -0.25) is 0 Å². The number of allylic oxidation sites excluding steroid dienone is 4. The summed E-state index contributed by atoms with van der Waals surface area (Å²) >= 11 is 0. The van der Waals surface area contributed by atoms with Crippen molar-refractivity contribution in [3.05, 3.63) is 112 Å². The standard InChI is InChI=1S/C31H34O2/c1-21-7-13-29(19-23(21)3)32-27-15-9-25(10-16-27)31(5,6)26-11-17-28(18-12-26)33-30-14-8-22(2)24(4)20-30/h7-11,13-17,19-20H,12,18H2,1-6H3.